The zero-order chi connectivity index (χ0) is 9.47. The maximum atomic E-state index is 5.44. The zero-order valence-electron chi connectivity index (χ0n) is 8.17. The molecule has 0 atom stereocenters. The third-order valence-electron chi connectivity index (χ3n) is 2.85. The molecule has 0 spiro atoms. The van der Waals surface area contributed by atoms with E-state index in [1.807, 2.05) is 0 Å². The Balaban J connectivity index is 2.04. The van der Waals surface area contributed by atoms with E-state index in [-0.39, 0.29) is 0 Å². The van der Waals surface area contributed by atoms with Crippen LogP contribution in [0.5, 0.6) is 0 Å². The molecule has 0 radical (unpaired) electrons. The minimum absolute atomic E-state index is 0.339. The molecule has 0 aromatic carbocycles. The number of nitrogen functional groups attached to an aromatic ring is 1. The average Bonchev–Trinajstić information content (AvgIpc) is 2.78. The summed E-state index contributed by atoms with van der Waals surface area (Å²) in [4.78, 5) is 4.12. The van der Waals surface area contributed by atoms with Crippen molar-refractivity contribution in [3.8, 4) is 0 Å². The van der Waals surface area contributed by atoms with Crippen molar-refractivity contribution in [1.82, 2.24) is 15.2 Å². The first-order valence-corrected chi connectivity index (χ1v) is 4.75. The molecular formula is C9H16N4. The summed E-state index contributed by atoms with van der Waals surface area (Å²) in [7, 11) is 0. The van der Waals surface area contributed by atoms with Gasteiger partial charge in [0.15, 0.2) is 0 Å². The summed E-state index contributed by atoms with van der Waals surface area (Å²) in [5.41, 5.74) is 5.77. The molecule has 4 nitrogen and oxygen atoms in total. The fraction of sp³-hybridized carbons (Fsp3) is 0.778. The highest BCUT2D eigenvalue weighted by atomic mass is 15.3. The van der Waals surface area contributed by atoms with Gasteiger partial charge in [-0.25, -0.2) is 0 Å². The second kappa shape index (κ2) is 2.72. The Morgan fingerprint density at radius 2 is 2.23 bits per heavy atom. The van der Waals surface area contributed by atoms with E-state index in [0.29, 0.717) is 11.4 Å². The molecule has 13 heavy (non-hydrogen) atoms. The number of anilines is 1. The molecule has 4 heteroatoms. The maximum absolute atomic E-state index is 5.44. The third-order valence-corrected chi connectivity index (χ3v) is 2.85. The van der Waals surface area contributed by atoms with Crippen LogP contribution in [0.2, 0.25) is 0 Å². The summed E-state index contributed by atoms with van der Waals surface area (Å²) in [6.07, 6.45) is 3.66. The van der Waals surface area contributed by atoms with E-state index in [1.165, 1.54) is 12.8 Å². The molecule has 1 heterocycles. The number of hydrogen-bond acceptors (Lipinski definition) is 3. The van der Waals surface area contributed by atoms with Crippen molar-refractivity contribution in [2.45, 2.75) is 33.1 Å². The molecule has 1 aromatic rings. The molecular weight excluding hydrogens is 164 g/mol. The Morgan fingerprint density at radius 3 is 2.69 bits per heavy atom. The molecule has 0 unspecified atom stereocenters. The summed E-state index contributed by atoms with van der Waals surface area (Å²) in [6, 6.07) is 0. The molecule has 1 aliphatic carbocycles. The van der Waals surface area contributed by atoms with E-state index < -0.39 is 0 Å². The third kappa shape index (κ3) is 1.82. The van der Waals surface area contributed by atoms with E-state index in [1.54, 1.807) is 0 Å². The molecule has 1 aliphatic rings. The summed E-state index contributed by atoms with van der Waals surface area (Å²) in [6.45, 7) is 4.56. The van der Waals surface area contributed by atoms with Gasteiger partial charge in [0.25, 0.3) is 0 Å². The Kier molecular flexibility index (Phi) is 1.78. The van der Waals surface area contributed by atoms with Gasteiger partial charge in [-0.3, -0.25) is 5.10 Å². The fourth-order valence-corrected chi connectivity index (χ4v) is 1.83. The van der Waals surface area contributed by atoms with Crippen LogP contribution < -0.4 is 5.73 Å². The zero-order valence-corrected chi connectivity index (χ0v) is 8.17. The van der Waals surface area contributed by atoms with E-state index in [0.717, 1.165) is 18.2 Å². The minimum Gasteiger partial charge on any atom is -0.367 e. The van der Waals surface area contributed by atoms with E-state index >= 15 is 0 Å². The molecule has 1 aromatic heterocycles. The normalized spacial score (nSPS) is 17.7. The van der Waals surface area contributed by atoms with Crippen molar-refractivity contribution >= 4 is 5.95 Å². The first kappa shape index (κ1) is 8.53. The van der Waals surface area contributed by atoms with Crippen molar-refractivity contribution in [3.05, 3.63) is 5.82 Å². The fourth-order valence-electron chi connectivity index (χ4n) is 1.83. The van der Waals surface area contributed by atoms with Gasteiger partial charge in [0.2, 0.25) is 5.95 Å². The monoisotopic (exact) mass is 180 g/mol. The average molecular weight is 180 g/mol. The SMILES string of the molecule is CC(C)(Cc1nc(N)n[nH]1)C1CC1. The number of nitrogens with zero attached hydrogens (tertiary/aromatic N) is 2. The van der Waals surface area contributed by atoms with Gasteiger partial charge in [-0.05, 0) is 24.2 Å². The van der Waals surface area contributed by atoms with Gasteiger partial charge in [0.05, 0.1) is 0 Å². The van der Waals surface area contributed by atoms with Crippen LogP contribution in [0.25, 0.3) is 0 Å². The number of aromatic nitrogens is 3. The molecule has 1 fully saturated rings. The van der Waals surface area contributed by atoms with Gasteiger partial charge in [-0.1, -0.05) is 13.8 Å². The van der Waals surface area contributed by atoms with E-state index in [4.69, 9.17) is 5.73 Å². The van der Waals surface area contributed by atoms with Crippen LogP contribution in [0.3, 0.4) is 0 Å². The Bertz CT molecular complexity index is 298. The minimum atomic E-state index is 0.339. The standard InChI is InChI=1S/C9H16N4/c1-9(2,6-3-4-6)5-7-11-8(10)13-12-7/h6H,3-5H2,1-2H3,(H3,10,11,12,13). The second-order valence-corrected chi connectivity index (χ2v) is 4.58. The molecule has 2 rings (SSSR count). The lowest BCUT2D eigenvalue weighted by molar-refractivity contribution is 0.301. The van der Waals surface area contributed by atoms with Crippen LogP contribution in [0.1, 0.15) is 32.5 Å². The summed E-state index contributed by atoms with van der Waals surface area (Å²) in [5.74, 6) is 2.12. The van der Waals surface area contributed by atoms with Gasteiger partial charge >= 0.3 is 0 Å². The van der Waals surface area contributed by atoms with Crippen molar-refractivity contribution in [2.24, 2.45) is 11.3 Å². The summed E-state index contributed by atoms with van der Waals surface area (Å²) < 4.78 is 0. The van der Waals surface area contributed by atoms with Crippen LogP contribution >= 0.6 is 0 Å². The van der Waals surface area contributed by atoms with Crippen LogP contribution in [-0.4, -0.2) is 15.2 Å². The van der Waals surface area contributed by atoms with Gasteiger partial charge in [0.1, 0.15) is 5.82 Å². The molecule has 0 aliphatic heterocycles. The highest BCUT2D eigenvalue weighted by Gasteiger charge is 2.38. The first-order chi connectivity index (χ1) is 6.08. The largest absolute Gasteiger partial charge is 0.367 e. The van der Waals surface area contributed by atoms with E-state index in [2.05, 4.69) is 29.0 Å². The highest BCUT2D eigenvalue weighted by molar-refractivity contribution is 5.13. The number of rotatable bonds is 3. The number of aromatic amines is 1. The van der Waals surface area contributed by atoms with Gasteiger partial charge in [0, 0.05) is 6.42 Å². The van der Waals surface area contributed by atoms with Gasteiger partial charge in [-0.15, -0.1) is 5.10 Å². The lowest BCUT2D eigenvalue weighted by atomic mass is 9.84. The smallest absolute Gasteiger partial charge is 0.239 e. The van der Waals surface area contributed by atoms with Gasteiger partial charge in [-0.2, -0.15) is 4.98 Å². The Morgan fingerprint density at radius 1 is 1.54 bits per heavy atom. The lowest BCUT2D eigenvalue weighted by Crippen LogP contribution is -2.18. The Hall–Kier alpha value is -1.06. The summed E-state index contributed by atoms with van der Waals surface area (Å²) in [5, 5.41) is 6.68. The molecule has 0 bridgehead atoms. The predicted octanol–water partition coefficient (Wildman–Crippen LogP) is 1.37. The molecule has 0 saturated heterocycles. The molecule has 3 N–H and O–H groups in total. The first-order valence-electron chi connectivity index (χ1n) is 4.75. The van der Waals surface area contributed by atoms with Crippen LogP contribution in [-0.2, 0) is 6.42 Å². The predicted molar refractivity (Wildman–Crippen MR) is 51.0 cm³/mol. The van der Waals surface area contributed by atoms with Crippen molar-refractivity contribution < 1.29 is 0 Å². The number of hydrogen-bond donors (Lipinski definition) is 2. The second-order valence-electron chi connectivity index (χ2n) is 4.58. The van der Waals surface area contributed by atoms with Gasteiger partial charge < -0.3 is 5.73 Å². The topological polar surface area (TPSA) is 67.6 Å². The van der Waals surface area contributed by atoms with Crippen LogP contribution in [0, 0.1) is 11.3 Å². The van der Waals surface area contributed by atoms with E-state index in [9.17, 15) is 0 Å². The van der Waals surface area contributed by atoms with Crippen LogP contribution in [0.4, 0.5) is 5.95 Å². The number of nitrogens with one attached hydrogen (secondary N) is 1. The van der Waals surface area contributed by atoms with Crippen molar-refractivity contribution in [1.29, 1.82) is 0 Å². The molecule has 1 saturated carbocycles. The van der Waals surface area contributed by atoms with Crippen molar-refractivity contribution in [3.63, 3.8) is 0 Å². The number of H-pyrrole nitrogens is 1. The van der Waals surface area contributed by atoms with Crippen LogP contribution in [0.15, 0.2) is 0 Å². The maximum Gasteiger partial charge on any atom is 0.239 e. The highest BCUT2D eigenvalue weighted by Crippen LogP contribution is 2.46. The molecule has 72 valence electrons. The quantitative estimate of drug-likeness (QED) is 0.738. The summed E-state index contributed by atoms with van der Waals surface area (Å²) >= 11 is 0. The lowest BCUT2D eigenvalue weighted by Gasteiger charge is -2.22. The number of nitrogens with two attached hydrogens (primary N) is 1. The molecule has 0 amide bonds. The van der Waals surface area contributed by atoms with Crippen molar-refractivity contribution in [2.75, 3.05) is 5.73 Å². The Labute approximate surface area is 77.9 Å².